The van der Waals surface area contributed by atoms with Gasteiger partial charge in [-0.15, -0.1) is 0 Å². The summed E-state index contributed by atoms with van der Waals surface area (Å²) in [5, 5.41) is 8.67. The van der Waals surface area contributed by atoms with E-state index in [0.29, 0.717) is 10.3 Å². The zero-order valence-electron chi connectivity index (χ0n) is 6.31. The van der Waals surface area contributed by atoms with Gasteiger partial charge < -0.3 is 9.51 Å². The quantitative estimate of drug-likeness (QED) is 0.815. The van der Waals surface area contributed by atoms with Gasteiger partial charge in [0.1, 0.15) is 4.60 Å². The molecule has 1 N–H and O–H groups in total. The van der Waals surface area contributed by atoms with Gasteiger partial charge >= 0.3 is 5.97 Å². The van der Waals surface area contributed by atoms with Crippen LogP contribution in [0.3, 0.4) is 0 Å². The fourth-order valence-electron chi connectivity index (χ4n) is 0.991. The summed E-state index contributed by atoms with van der Waals surface area (Å²) in [6.45, 7) is 0. The van der Waals surface area contributed by atoms with Gasteiger partial charge in [0.2, 0.25) is 0 Å². The van der Waals surface area contributed by atoms with Crippen molar-refractivity contribution in [2.75, 3.05) is 0 Å². The lowest BCUT2D eigenvalue weighted by Gasteiger charge is -1.91. The Morgan fingerprint density at radius 1 is 1.62 bits per heavy atom. The Hall–Kier alpha value is -1.43. The number of nitrogens with zero attached hydrogens (tertiary/aromatic N) is 3. The van der Waals surface area contributed by atoms with E-state index in [0.717, 1.165) is 0 Å². The smallest absolute Gasteiger partial charge is 0.356 e. The number of aromatic nitrogens is 3. The third-order valence-electron chi connectivity index (χ3n) is 1.55. The molecular formula is C7H4BrN3O2. The van der Waals surface area contributed by atoms with Crippen LogP contribution in [0.4, 0.5) is 0 Å². The first-order valence-corrected chi connectivity index (χ1v) is 4.20. The van der Waals surface area contributed by atoms with E-state index in [2.05, 4.69) is 25.9 Å². The topological polar surface area (TPSA) is 67.5 Å². The van der Waals surface area contributed by atoms with Crippen LogP contribution in [0.15, 0.2) is 23.2 Å². The highest BCUT2D eigenvalue weighted by atomic mass is 79.9. The molecule has 0 aliphatic carbocycles. The lowest BCUT2D eigenvalue weighted by molar-refractivity contribution is 0.0691. The van der Waals surface area contributed by atoms with Gasteiger partial charge in [0.25, 0.3) is 0 Å². The van der Waals surface area contributed by atoms with Gasteiger partial charge in [-0.25, -0.2) is 14.8 Å². The van der Waals surface area contributed by atoms with Crippen LogP contribution in [-0.4, -0.2) is 25.4 Å². The van der Waals surface area contributed by atoms with Gasteiger partial charge in [-0.3, -0.25) is 0 Å². The highest BCUT2D eigenvalue weighted by molar-refractivity contribution is 9.10. The summed E-state index contributed by atoms with van der Waals surface area (Å²) in [6.07, 6.45) is 4.63. The highest BCUT2D eigenvalue weighted by Crippen LogP contribution is 2.13. The second kappa shape index (κ2) is 2.81. The van der Waals surface area contributed by atoms with Gasteiger partial charge in [-0.1, -0.05) is 0 Å². The Kier molecular flexibility index (Phi) is 1.77. The lowest BCUT2D eigenvalue weighted by atomic mass is 10.5. The third kappa shape index (κ3) is 1.29. The third-order valence-corrected chi connectivity index (χ3v) is 2.11. The van der Waals surface area contributed by atoms with Gasteiger partial charge in [0, 0.05) is 18.6 Å². The molecule has 0 bridgehead atoms. The zero-order valence-corrected chi connectivity index (χ0v) is 7.89. The number of imidazole rings is 1. The number of fused-ring (bicyclic) bond motifs is 1. The average molecular weight is 242 g/mol. The van der Waals surface area contributed by atoms with Crippen LogP contribution in [0.5, 0.6) is 0 Å². The fourth-order valence-corrected chi connectivity index (χ4v) is 1.40. The maximum absolute atomic E-state index is 10.6. The number of carbonyl (C=O) groups is 1. The fraction of sp³-hybridized carbons (Fsp3) is 0. The van der Waals surface area contributed by atoms with E-state index in [4.69, 9.17) is 5.11 Å². The molecule has 0 aromatic carbocycles. The summed E-state index contributed by atoms with van der Waals surface area (Å²) in [4.78, 5) is 18.4. The summed E-state index contributed by atoms with van der Waals surface area (Å²) < 4.78 is 2.13. The summed E-state index contributed by atoms with van der Waals surface area (Å²) in [5.41, 5.74) is 0.508. The first kappa shape index (κ1) is 8.18. The second-order valence-electron chi connectivity index (χ2n) is 2.38. The van der Waals surface area contributed by atoms with Crippen molar-refractivity contribution < 1.29 is 9.90 Å². The van der Waals surface area contributed by atoms with Crippen LogP contribution >= 0.6 is 15.9 Å². The maximum atomic E-state index is 10.6. The number of halogens is 1. The van der Waals surface area contributed by atoms with Crippen LogP contribution in [0.25, 0.3) is 5.65 Å². The zero-order chi connectivity index (χ0) is 9.42. The molecule has 2 rings (SSSR count). The van der Waals surface area contributed by atoms with E-state index < -0.39 is 5.97 Å². The summed E-state index contributed by atoms with van der Waals surface area (Å²) in [6, 6.07) is 0. The molecule has 0 saturated heterocycles. The van der Waals surface area contributed by atoms with E-state index in [1.165, 1.54) is 6.20 Å². The molecule has 0 aliphatic heterocycles. The van der Waals surface area contributed by atoms with Crippen LogP contribution < -0.4 is 0 Å². The maximum Gasteiger partial charge on any atom is 0.356 e. The number of hydrogen-bond donors (Lipinski definition) is 1. The minimum atomic E-state index is -1.05. The second-order valence-corrected chi connectivity index (χ2v) is 3.13. The van der Waals surface area contributed by atoms with Gasteiger partial charge in [-0.05, 0) is 15.9 Å². The van der Waals surface area contributed by atoms with Crippen LogP contribution in [-0.2, 0) is 0 Å². The Labute approximate surface area is 81.2 Å². The SMILES string of the molecule is O=C(O)c1cn2ccnc(Br)c2n1. The largest absolute Gasteiger partial charge is 0.476 e. The van der Waals surface area contributed by atoms with Gasteiger partial charge in [0.05, 0.1) is 0 Å². The standard InChI is InChI=1S/C7H4BrN3O2/c8-5-6-10-4(7(12)13)3-11(6)2-1-9-5/h1-3H,(H,12,13). The minimum absolute atomic E-state index is 0.00806. The Bertz CT molecular complexity index is 480. The number of hydrogen-bond acceptors (Lipinski definition) is 3. The molecule has 0 aliphatic rings. The molecule has 2 aromatic heterocycles. The monoisotopic (exact) mass is 241 g/mol. The van der Waals surface area contributed by atoms with Crippen molar-refractivity contribution in [1.29, 1.82) is 0 Å². The number of carboxylic acids is 1. The number of carboxylic acid groups (broad SMARTS) is 1. The molecule has 66 valence electrons. The normalized spacial score (nSPS) is 10.5. The molecule has 5 nitrogen and oxygen atoms in total. The first-order valence-electron chi connectivity index (χ1n) is 3.41. The Morgan fingerprint density at radius 3 is 3.00 bits per heavy atom. The summed E-state index contributed by atoms with van der Waals surface area (Å²) >= 11 is 3.17. The molecular weight excluding hydrogens is 238 g/mol. The molecule has 2 aromatic rings. The van der Waals surface area contributed by atoms with Crippen LogP contribution in [0.1, 0.15) is 10.5 Å². The first-order chi connectivity index (χ1) is 6.18. The minimum Gasteiger partial charge on any atom is -0.476 e. The lowest BCUT2D eigenvalue weighted by Crippen LogP contribution is -1.94. The molecule has 6 heteroatoms. The van der Waals surface area contributed by atoms with Crippen LogP contribution in [0, 0.1) is 0 Å². The van der Waals surface area contributed by atoms with Crippen molar-refractivity contribution in [2.45, 2.75) is 0 Å². The van der Waals surface area contributed by atoms with Crippen molar-refractivity contribution in [2.24, 2.45) is 0 Å². The van der Waals surface area contributed by atoms with Crippen molar-refractivity contribution in [1.82, 2.24) is 14.4 Å². The van der Waals surface area contributed by atoms with E-state index in [-0.39, 0.29) is 5.69 Å². The summed E-state index contributed by atoms with van der Waals surface area (Å²) in [7, 11) is 0. The number of aromatic carboxylic acids is 1. The van der Waals surface area contributed by atoms with E-state index in [1.54, 1.807) is 16.8 Å². The number of rotatable bonds is 1. The van der Waals surface area contributed by atoms with E-state index >= 15 is 0 Å². The molecule has 0 spiro atoms. The average Bonchev–Trinajstić information content (AvgIpc) is 2.49. The van der Waals surface area contributed by atoms with Gasteiger partial charge in [-0.2, -0.15) is 0 Å². The van der Waals surface area contributed by atoms with E-state index in [1.807, 2.05) is 0 Å². The van der Waals surface area contributed by atoms with Crippen molar-refractivity contribution in [3.8, 4) is 0 Å². The van der Waals surface area contributed by atoms with Crippen molar-refractivity contribution in [3.63, 3.8) is 0 Å². The molecule has 0 unspecified atom stereocenters. The predicted octanol–water partition coefficient (Wildman–Crippen LogP) is 1.19. The predicted molar refractivity (Wildman–Crippen MR) is 47.6 cm³/mol. The Balaban J connectivity index is 2.75. The molecule has 0 radical (unpaired) electrons. The highest BCUT2D eigenvalue weighted by Gasteiger charge is 2.10. The Morgan fingerprint density at radius 2 is 2.38 bits per heavy atom. The summed E-state index contributed by atoms with van der Waals surface area (Å²) in [5.74, 6) is -1.05. The molecule has 0 atom stereocenters. The molecule has 0 amide bonds. The molecule has 0 saturated carbocycles. The van der Waals surface area contributed by atoms with Gasteiger partial charge in [0.15, 0.2) is 11.3 Å². The molecule has 2 heterocycles. The molecule has 13 heavy (non-hydrogen) atoms. The van der Waals surface area contributed by atoms with E-state index in [9.17, 15) is 4.79 Å². The van der Waals surface area contributed by atoms with Crippen molar-refractivity contribution in [3.05, 3.63) is 28.9 Å². The van der Waals surface area contributed by atoms with Crippen molar-refractivity contribution >= 4 is 27.5 Å². The van der Waals surface area contributed by atoms with Crippen LogP contribution in [0.2, 0.25) is 0 Å². The molecule has 0 fully saturated rings.